The molecule has 2 aromatic rings. The van der Waals surface area contributed by atoms with Crippen LogP contribution >= 0.6 is 0 Å². The molecule has 0 saturated carbocycles. The second-order valence-corrected chi connectivity index (χ2v) is 10.0. The minimum atomic E-state index is -2.91. The summed E-state index contributed by atoms with van der Waals surface area (Å²) < 4.78 is 42.4. The number of para-hydroxylation sites is 1. The van der Waals surface area contributed by atoms with Crippen molar-refractivity contribution in [3.05, 3.63) is 65.5 Å². The zero-order valence-corrected chi connectivity index (χ0v) is 17.5. The van der Waals surface area contributed by atoms with E-state index in [1.807, 2.05) is 6.07 Å². The monoisotopic (exact) mass is 432 g/mol. The predicted molar refractivity (Wildman–Crippen MR) is 112 cm³/mol. The molecule has 160 valence electrons. The van der Waals surface area contributed by atoms with E-state index in [2.05, 4.69) is 4.90 Å². The van der Waals surface area contributed by atoms with Gasteiger partial charge in [-0.3, -0.25) is 9.69 Å². The lowest BCUT2D eigenvalue weighted by Gasteiger charge is -2.37. The topological polar surface area (TPSA) is 66.9 Å². The third-order valence-electron chi connectivity index (χ3n) is 5.75. The first kappa shape index (κ1) is 20.8. The van der Waals surface area contributed by atoms with Gasteiger partial charge in [0, 0.05) is 32.2 Å². The van der Waals surface area contributed by atoms with Crippen LogP contribution in [-0.4, -0.2) is 67.9 Å². The zero-order valence-electron chi connectivity index (χ0n) is 16.7. The molecule has 6 nitrogen and oxygen atoms in total. The fourth-order valence-corrected chi connectivity index (χ4v) is 5.80. The summed E-state index contributed by atoms with van der Waals surface area (Å²) in [7, 11) is -2.91. The van der Waals surface area contributed by atoms with Gasteiger partial charge in [0.05, 0.1) is 17.1 Å². The minimum Gasteiger partial charge on any atom is -0.488 e. The standard InChI is InChI=1S/C22H25FN2O4S/c23-18-7-5-17(6-8-18)15-29-21-4-2-1-3-20(21)22(26)25-12-10-24(11-13-25)19-9-14-30(27,28)16-19/h1-8,19H,9-16H2/t19-/m0/s1. The number of nitrogens with zero attached hydrogens (tertiary/aromatic N) is 2. The largest absolute Gasteiger partial charge is 0.488 e. The molecule has 2 aliphatic heterocycles. The quantitative estimate of drug-likeness (QED) is 0.726. The average Bonchev–Trinajstić information content (AvgIpc) is 3.13. The molecule has 4 rings (SSSR count). The van der Waals surface area contributed by atoms with Crippen molar-refractivity contribution in [1.29, 1.82) is 0 Å². The molecule has 2 aromatic carbocycles. The highest BCUT2D eigenvalue weighted by Gasteiger charge is 2.34. The molecule has 1 atom stereocenters. The number of carbonyl (C=O) groups is 1. The Labute approximate surface area is 176 Å². The van der Waals surface area contributed by atoms with Gasteiger partial charge in [-0.25, -0.2) is 12.8 Å². The zero-order chi connectivity index (χ0) is 21.1. The lowest BCUT2D eigenvalue weighted by atomic mass is 10.1. The summed E-state index contributed by atoms with van der Waals surface area (Å²) >= 11 is 0. The highest BCUT2D eigenvalue weighted by atomic mass is 32.2. The van der Waals surface area contributed by atoms with Crippen molar-refractivity contribution in [1.82, 2.24) is 9.80 Å². The highest BCUT2D eigenvalue weighted by molar-refractivity contribution is 7.91. The van der Waals surface area contributed by atoms with Gasteiger partial charge in [0.15, 0.2) is 9.84 Å². The number of carbonyl (C=O) groups excluding carboxylic acids is 1. The van der Waals surface area contributed by atoms with Gasteiger partial charge in [0.1, 0.15) is 18.2 Å². The second kappa shape index (κ2) is 8.73. The smallest absolute Gasteiger partial charge is 0.257 e. The number of ether oxygens (including phenoxy) is 1. The maximum atomic E-state index is 13.1. The van der Waals surface area contributed by atoms with E-state index in [0.29, 0.717) is 43.9 Å². The van der Waals surface area contributed by atoms with E-state index in [4.69, 9.17) is 4.74 Å². The van der Waals surface area contributed by atoms with Crippen molar-refractivity contribution in [2.75, 3.05) is 37.7 Å². The Hall–Kier alpha value is -2.45. The molecular formula is C22H25FN2O4S. The third-order valence-corrected chi connectivity index (χ3v) is 7.50. The van der Waals surface area contributed by atoms with Gasteiger partial charge in [-0.1, -0.05) is 24.3 Å². The van der Waals surface area contributed by atoms with E-state index in [0.717, 1.165) is 5.56 Å². The number of hydrogen-bond acceptors (Lipinski definition) is 5. The van der Waals surface area contributed by atoms with Gasteiger partial charge in [0.2, 0.25) is 0 Å². The number of hydrogen-bond donors (Lipinski definition) is 0. The molecule has 0 aliphatic carbocycles. The molecule has 1 amide bonds. The van der Waals surface area contributed by atoms with Crippen LogP contribution in [0.25, 0.3) is 0 Å². The number of piperazine rings is 1. The first-order chi connectivity index (χ1) is 14.4. The van der Waals surface area contributed by atoms with Crippen molar-refractivity contribution in [3.63, 3.8) is 0 Å². The summed E-state index contributed by atoms with van der Waals surface area (Å²) in [5, 5.41) is 0. The Morgan fingerprint density at radius 1 is 1.03 bits per heavy atom. The van der Waals surface area contributed by atoms with Gasteiger partial charge in [-0.05, 0) is 36.2 Å². The van der Waals surface area contributed by atoms with Gasteiger partial charge in [-0.2, -0.15) is 0 Å². The third kappa shape index (κ3) is 4.82. The Bertz CT molecular complexity index is 1000. The van der Waals surface area contributed by atoms with Crippen LogP contribution in [0.2, 0.25) is 0 Å². The molecule has 0 aromatic heterocycles. The lowest BCUT2D eigenvalue weighted by Crippen LogP contribution is -2.52. The highest BCUT2D eigenvalue weighted by Crippen LogP contribution is 2.24. The Kier molecular flexibility index (Phi) is 6.06. The molecular weight excluding hydrogens is 407 g/mol. The van der Waals surface area contributed by atoms with Crippen LogP contribution in [0.1, 0.15) is 22.3 Å². The maximum absolute atomic E-state index is 13.1. The van der Waals surface area contributed by atoms with Crippen LogP contribution < -0.4 is 4.74 Å². The molecule has 30 heavy (non-hydrogen) atoms. The lowest BCUT2D eigenvalue weighted by molar-refractivity contribution is 0.0583. The molecule has 0 spiro atoms. The van der Waals surface area contributed by atoms with Crippen LogP contribution in [0.15, 0.2) is 48.5 Å². The summed E-state index contributed by atoms with van der Waals surface area (Å²) in [5.74, 6) is 0.583. The molecule has 2 saturated heterocycles. The van der Waals surface area contributed by atoms with Crippen LogP contribution in [0.3, 0.4) is 0 Å². The summed E-state index contributed by atoms with van der Waals surface area (Å²) in [6, 6.07) is 13.3. The summed E-state index contributed by atoms with van der Waals surface area (Å²) in [5.41, 5.74) is 1.32. The van der Waals surface area contributed by atoms with E-state index in [-0.39, 0.29) is 35.9 Å². The molecule has 2 fully saturated rings. The van der Waals surface area contributed by atoms with Crippen LogP contribution in [0.4, 0.5) is 4.39 Å². The maximum Gasteiger partial charge on any atom is 0.257 e. The number of rotatable bonds is 5. The molecule has 8 heteroatoms. The average molecular weight is 433 g/mol. The molecule has 0 unspecified atom stereocenters. The van der Waals surface area contributed by atoms with E-state index in [1.165, 1.54) is 12.1 Å². The second-order valence-electron chi connectivity index (χ2n) is 7.80. The van der Waals surface area contributed by atoms with Crippen molar-refractivity contribution in [2.45, 2.75) is 19.1 Å². The van der Waals surface area contributed by atoms with Gasteiger partial charge in [-0.15, -0.1) is 0 Å². The van der Waals surface area contributed by atoms with E-state index in [1.54, 1.807) is 35.2 Å². The van der Waals surface area contributed by atoms with Crippen LogP contribution in [-0.2, 0) is 16.4 Å². The van der Waals surface area contributed by atoms with E-state index >= 15 is 0 Å². The van der Waals surface area contributed by atoms with Gasteiger partial charge < -0.3 is 9.64 Å². The molecule has 0 bridgehead atoms. The number of sulfone groups is 1. The molecule has 2 heterocycles. The number of amides is 1. The van der Waals surface area contributed by atoms with Crippen molar-refractivity contribution >= 4 is 15.7 Å². The summed E-state index contributed by atoms with van der Waals surface area (Å²) in [6.07, 6.45) is 0.677. The Morgan fingerprint density at radius 3 is 2.40 bits per heavy atom. The summed E-state index contributed by atoms with van der Waals surface area (Å²) in [6.45, 7) is 2.70. The van der Waals surface area contributed by atoms with Crippen molar-refractivity contribution in [3.8, 4) is 5.75 Å². The minimum absolute atomic E-state index is 0.0681. The number of halogens is 1. The fraction of sp³-hybridized carbons (Fsp3) is 0.409. The van der Waals surface area contributed by atoms with E-state index in [9.17, 15) is 17.6 Å². The van der Waals surface area contributed by atoms with Gasteiger partial charge >= 0.3 is 0 Å². The summed E-state index contributed by atoms with van der Waals surface area (Å²) in [4.78, 5) is 17.1. The Balaban J connectivity index is 1.37. The predicted octanol–water partition coefficient (Wildman–Crippen LogP) is 2.35. The van der Waals surface area contributed by atoms with Crippen LogP contribution in [0.5, 0.6) is 5.75 Å². The van der Waals surface area contributed by atoms with E-state index < -0.39 is 9.84 Å². The molecule has 2 aliphatic rings. The molecule has 0 N–H and O–H groups in total. The first-order valence-electron chi connectivity index (χ1n) is 10.1. The fourth-order valence-electron chi connectivity index (χ4n) is 4.03. The van der Waals surface area contributed by atoms with Crippen LogP contribution in [0, 0.1) is 5.82 Å². The normalized spacial score (nSPS) is 21.5. The first-order valence-corrected chi connectivity index (χ1v) is 11.9. The van der Waals surface area contributed by atoms with Gasteiger partial charge in [0.25, 0.3) is 5.91 Å². The number of benzene rings is 2. The molecule has 0 radical (unpaired) electrons. The Morgan fingerprint density at radius 2 is 1.73 bits per heavy atom. The van der Waals surface area contributed by atoms with Crippen molar-refractivity contribution < 1.29 is 22.3 Å². The van der Waals surface area contributed by atoms with Crippen molar-refractivity contribution in [2.24, 2.45) is 0 Å². The SMILES string of the molecule is O=C(c1ccccc1OCc1ccc(F)cc1)N1CCN([C@H]2CCS(=O)(=O)C2)CC1.